The fourth-order valence-electron chi connectivity index (χ4n) is 6.97. The third-order valence-electron chi connectivity index (χ3n) is 8.08. The zero-order valence-electron chi connectivity index (χ0n) is 15.4. The SMILES string of the molecule is CC=C1C[N+]2(CC)CCC34c5cccc(O)c5NC3C(C=O)C1CC42.[I-]. The van der Waals surface area contributed by atoms with Gasteiger partial charge < -0.3 is 43.7 Å². The van der Waals surface area contributed by atoms with E-state index in [0.29, 0.717) is 17.7 Å². The molecule has 1 aromatic rings. The summed E-state index contributed by atoms with van der Waals surface area (Å²) in [6.07, 6.45) is 5.66. The maximum Gasteiger partial charge on any atom is 0.138 e. The summed E-state index contributed by atoms with van der Waals surface area (Å²) in [7, 11) is 0. The Balaban J connectivity index is 0.00000168. The van der Waals surface area contributed by atoms with Crippen molar-refractivity contribution in [3.8, 4) is 5.75 Å². The fraction of sp³-hybridized carbons (Fsp3) is 0.571. The van der Waals surface area contributed by atoms with E-state index in [9.17, 15) is 9.90 Å². The molecule has 3 fully saturated rings. The summed E-state index contributed by atoms with van der Waals surface area (Å²) in [4.78, 5) is 12.2. The van der Waals surface area contributed by atoms with Gasteiger partial charge in [-0.3, -0.25) is 0 Å². The summed E-state index contributed by atoms with van der Waals surface area (Å²) in [5, 5.41) is 14.1. The Labute approximate surface area is 172 Å². The Bertz CT molecular complexity index is 794. The van der Waals surface area contributed by atoms with Crippen molar-refractivity contribution in [2.75, 3.05) is 25.0 Å². The van der Waals surface area contributed by atoms with Crippen LogP contribution >= 0.6 is 0 Å². The molecule has 1 aliphatic carbocycles. The van der Waals surface area contributed by atoms with Crippen molar-refractivity contribution in [2.24, 2.45) is 11.8 Å². The van der Waals surface area contributed by atoms with E-state index in [2.05, 4.69) is 31.3 Å². The minimum atomic E-state index is -0.00850. The van der Waals surface area contributed by atoms with E-state index in [1.165, 1.54) is 24.0 Å². The summed E-state index contributed by atoms with van der Waals surface area (Å²) in [6.45, 7) is 7.85. The minimum Gasteiger partial charge on any atom is -1.00 e. The Morgan fingerprint density at radius 2 is 2.23 bits per heavy atom. The lowest BCUT2D eigenvalue weighted by Gasteiger charge is -2.56. The van der Waals surface area contributed by atoms with Crippen molar-refractivity contribution in [2.45, 2.75) is 44.2 Å². The second-order valence-electron chi connectivity index (χ2n) is 8.46. The van der Waals surface area contributed by atoms with Crippen molar-refractivity contribution >= 4 is 12.0 Å². The molecule has 2 saturated heterocycles. The molecule has 4 nitrogen and oxygen atoms in total. The third kappa shape index (κ3) is 1.91. The van der Waals surface area contributed by atoms with Gasteiger partial charge in [-0.1, -0.05) is 18.2 Å². The van der Waals surface area contributed by atoms with Crippen LogP contribution in [0.1, 0.15) is 32.3 Å². The average molecular weight is 466 g/mol. The zero-order valence-corrected chi connectivity index (χ0v) is 17.6. The van der Waals surface area contributed by atoms with E-state index in [4.69, 9.17) is 0 Å². The molecule has 0 radical (unpaired) electrons. The summed E-state index contributed by atoms with van der Waals surface area (Å²) in [5.74, 6) is 0.671. The molecular formula is C21H27IN2O2. The summed E-state index contributed by atoms with van der Waals surface area (Å²) < 4.78 is 1.15. The molecule has 5 heteroatoms. The van der Waals surface area contributed by atoms with Crippen LogP contribution in [0.25, 0.3) is 0 Å². The highest BCUT2D eigenvalue weighted by atomic mass is 127. The molecule has 1 spiro atoms. The summed E-state index contributed by atoms with van der Waals surface area (Å²) in [5.41, 5.74) is 3.59. The van der Waals surface area contributed by atoms with Gasteiger partial charge in [-0.05, 0) is 31.1 Å². The molecule has 5 rings (SSSR count). The number of rotatable bonds is 2. The van der Waals surface area contributed by atoms with E-state index >= 15 is 0 Å². The maximum absolute atomic E-state index is 12.2. The number of nitrogens with zero attached hydrogens (tertiary/aromatic N) is 1. The number of fused-ring (bicyclic) bond motifs is 2. The third-order valence-corrected chi connectivity index (χ3v) is 8.08. The Kier molecular flexibility index (Phi) is 4.19. The number of likely N-dealkylation sites (N-methyl/N-ethyl adjacent to an activating group) is 1. The largest absolute Gasteiger partial charge is 1.00 e. The van der Waals surface area contributed by atoms with Crippen LogP contribution in [0.3, 0.4) is 0 Å². The number of phenols is 1. The topological polar surface area (TPSA) is 49.3 Å². The molecular weight excluding hydrogens is 439 g/mol. The highest BCUT2D eigenvalue weighted by molar-refractivity contribution is 5.74. The standard InChI is InChI=1S/C21H26N2O2.HI/c1-3-13-11-23(4-2)9-8-21-16-6-5-7-17(25)19(16)22-20(21)15(12-24)14(13)10-18(21)23;/h3,5-7,12,14-15,18,20,22H,4,8-11H2,1-2H3;1H. The number of carbonyl (C=O) groups is 1. The highest BCUT2D eigenvalue weighted by Crippen LogP contribution is 2.64. The number of piperidine rings is 1. The number of quaternary nitrogens is 1. The number of phenolic OH excluding ortho intramolecular Hbond substituents is 1. The number of hydrogen-bond donors (Lipinski definition) is 2. The maximum atomic E-state index is 12.2. The van der Waals surface area contributed by atoms with Crippen LogP contribution in [-0.2, 0) is 10.2 Å². The first-order chi connectivity index (χ1) is 12.1. The molecule has 0 amide bonds. The van der Waals surface area contributed by atoms with Gasteiger partial charge in [0.1, 0.15) is 24.6 Å². The van der Waals surface area contributed by atoms with Gasteiger partial charge in [0, 0.05) is 24.7 Å². The average Bonchev–Trinajstić information content (AvgIpc) is 3.17. The molecule has 0 aromatic heterocycles. The first-order valence-corrected chi connectivity index (χ1v) is 9.66. The van der Waals surface area contributed by atoms with E-state index in [1.54, 1.807) is 6.07 Å². The monoisotopic (exact) mass is 466 g/mol. The van der Waals surface area contributed by atoms with Crippen LogP contribution in [0.5, 0.6) is 5.75 Å². The smallest absolute Gasteiger partial charge is 0.138 e. The summed E-state index contributed by atoms with van der Waals surface area (Å²) >= 11 is 0. The van der Waals surface area contributed by atoms with E-state index in [1.807, 2.05) is 6.07 Å². The molecule has 140 valence electrons. The van der Waals surface area contributed by atoms with Crippen LogP contribution in [-0.4, -0.2) is 47.6 Å². The number of allylic oxidation sites excluding steroid dienone is 1. The molecule has 6 atom stereocenters. The fourth-order valence-corrected chi connectivity index (χ4v) is 6.97. The Hall–Kier alpha value is -1.08. The molecule has 6 unspecified atom stereocenters. The molecule has 26 heavy (non-hydrogen) atoms. The zero-order chi connectivity index (χ0) is 17.4. The number of carbonyl (C=O) groups excluding carboxylic acids is 1. The van der Waals surface area contributed by atoms with Crippen LogP contribution < -0.4 is 29.3 Å². The van der Waals surface area contributed by atoms with Crippen LogP contribution in [0.2, 0.25) is 0 Å². The van der Waals surface area contributed by atoms with Gasteiger partial charge in [-0.25, -0.2) is 0 Å². The minimum absolute atomic E-state index is 0. The van der Waals surface area contributed by atoms with Crippen molar-refractivity contribution < 1.29 is 38.4 Å². The number of hydrogen-bond acceptors (Lipinski definition) is 3. The molecule has 3 heterocycles. The van der Waals surface area contributed by atoms with Gasteiger partial charge in [0.25, 0.3) is 0 Å². The van der Waals surface area contributed by atoms with Gasteiger partial charge >= 0.3 is 0 Å². The molecule has 3 aliphatic heterocycles. The number of anilines is 1. The normalized spacial score (nSPS) is 43.2. The lowest BCUT2D eigenvalue weighted by atomic mass is 9.55. The first-order valence-electron chi connectivity index (χ1n) is 9.66. The van der Waals surface area contributed by atoms with E-state index in [-0.39, 0.29) is 41.4 Å². The van der Waals surface area contributed by atoms with Gasteiger partial charge in [0.2, 0.25) is 0 Å². The van der Waals surface area contributed by atoms with Crippen LogP contribution in [0, 0.1) is 11.8 Å². The number of para-hydroxylation sites is 1. The van der Waals surface area contributed by atoms with E-state index < -0.39 is 0 Å². The number of nitrogens with one attached hydrogen (secondary N) is 1. The molecule has 1 saturated carbocycles. The predicted molar refractivity (Wildman–Crippen MR) is 97.6 cm³/mol. The number of benzene rings is 1. The first kappa shape index (κ1) is 18.3. The molecule has 2 N–H and O–H groups in total. The quantitative estimate of drug-likeness (QED) is 0.209. The van der Waals surface area contributed by atoms with Gasteiger partial charge in [-0.15, -0.1) is 0 Å². The predicted octanol–water partition coefficient (Wildman–Crippen LogP) is -0.168. The highest BCUT2D eigenvalue weighted by Gasteiger charge is 2.71. The molecule has 1 aromatic carbocycles. The van der Waals surface area contributed by atoms with Gasteiger partial charge in [0.15, 0.2) is 0 Å². The number of aromatic hydroxyl groups is 1. The second kappa shape index (κ2) is 5.96. The molecule has 2 bridgehead atoms. The van der Waals surface area contributed by atoms with Gasteiger partial charge in [-0.2, -0.15) is 0 Å². The lowest BCUT2D eigenvalue weighted by molar-refractivity contribution is -0.941. The number of aldehydes is 1. The summed E-state index contributed by atoms with van der Waals surface area (Å²) in [6, 6.07) is 6.57. The van der Waals surface area contributed by atoms with Gasteiger partial charge in [0.05, 0.1) is 30.2 Å². The van der Waals surface area contributed by atoms with Crippen molar-refractivity contribution in [1.29, 1.82) is 0 Å². The van der Waals surface area contributed by atoms with Crippen molar-refractivity contribution in [3.05, 3.63) is 35.4 Å². The van der Waals surface area contributed by atoms with Crippen molar-refractivity contribution in [3.63, 3.8) is 0 Å². The lowest BCUT2D eigenvalue weighted by Crippen LogP contribution is -3.00. The molecule has 4 aliphatic rings. The van der Waals surface area contributed by atoms with Crippen LogP contribution in [0.15, 0.2) is 29.8 Å². The number of halogens is 1. The van der Waals surface area contributed by atoms with E-state index in [0.717, 1.165) is 36.1 Å². The van der Waals surface area contributed by atoms with Crippen molar-refractivity contribution in [1.82, 2.24) is 0 Å². The second-order valence-corrected chi connectivity index (χ2v) is 8.46. The Morgan fingerprint density at radius 1 is 1.42 bits per heavy atom. The Morgan fingerprint density at radius 3 is 2.92 bits per heavy atom. The van der Waals surface area contributed by atoms with Crippen LogP contribution in [0.4, 0.5) is 5.69 Å².